The summed E-state index contributed by atoms with van der Waals surface area (Å²) >= 11 is 0. The SMILES string of the molecule is CC/C=C\C/C=C\C/C=C\C/C=C\C/C=C\C/C=C\C/C=C\CCCCCCCCCC(=O)OC(COC(=O)CCCCCCCCCCCCCCCCCCCCCCCCCCCCCCCCCC)COC(OCC[N+](C)(C)C)C(=O)[O-]. The zero-order valence-electron chi connectivity index (χ0n) is 56.9. The van der Waals surface area contributed by atoms with Crippen molar-refractivity contribution in [3.8, 4) is 0 Å². The van der Waals surface area contributed by atoms with E-state index in [1.165, 1.54) is 205 Å². The van der Waals surface area contributed by atoms with Gasteiger partial charge in [-0.25, -0.2) is 0 Å². The van der Waals surface area contributed by atoms with E-state index in [0.717, 1.165) is 89.9 Å². The van der Waals surface area contributed by atoms with Crippen LogP contribution in [0.25, 0.3) is 0 Å². The minimum Gasteiger partial charge on any atom is -0.545 e. The van der Waals surface area contributed by atoms with E-state index in [1.54, 1.807) is 0 Å². The maximum absolute atomic E-state index is 12.9. The Balaban J connectivity index is 4.11. The zero-order chi connectivity index (χ0) is 62.6. The zero-order valence-corrected chi connectivity index (χ0v) is 56.9. The summed E-state index contributed by atoms with van der Waals surface area (Å²) in [5.74, 6) is -2.29. The monoisotopic (exact) mass is 1200 g/mol. The van der Waals surface area contributed by atoms with Crippen molar-refractivity contribution in [1.29, 1.82) is 0 Å². The predicted molar refractivity (Wildman–Crippen MR) is 366 cm³/mol. The van der Waals surface area contributed by atoms with Gasteiger partial charge in [-0.1, -0.05) is 330 Å². The van der Waals surface area contributed by atoms with Crippen molar-refractivity contribution < 1.29 is 42.9 Å². The lowest BCUT2D eigenvalue weighted by Gasteiger charge is -2.26. The van der Waals surface area contributed by atoms with Gasteiger partial charge in [0.2, 0.25) is 0 Å². The number of hydrogen-bond donors (Lipinski definition) is 0. The fourth-order valence-electron chi connectivity index (χ4n) is 10.4. The predicted octanol–water partition coefficient (Wildman–Crippen LogP) is 21.3. The molecule has 0 aliphatic rings. The maximum atomic E-state index is 12.9. The Morgan fingerprint density at radius 2 is 0.663 bits per heavy atom. The third-order valence-electron chi connectivity index (χ3n) is 15.9. The number of carbonyl (C=O) groups is 3. The van der Waals surface area contributed by atoms with Crippen LogP contribution in [0.15, 0.2) is 85.1 Å². The minimum atomic E-state index is -1.63. The van der Waals surface area contributed by atoms with Gasteiger partial charge in [-0.15, -0.1) is 0 Å². The molecular formula is C77H137NO8. The van der Waals surface area contributed by atoms with E-state index in [9.17, 15) is 19.5 Å². The first-order valence-corrected chi connectivity index (χ1v) is 36.2. The normalized spacial score (nSPS) is 13.2. The van der Waals surface area contributed by atoms with Crippen LogP contribution in [0, 0.1) is 0 Å². The summed E-state index contributed by atoms with van der Waals surface area (Å²) in [5.41, 5.74) is 0. The van der Waals surface area contributed by atoms with Crippen LogP contribution in [0.3, 0.4) is 0 Å². The highest BCUT2D eigenvalue weighted by molar-refractivity contribution is 5.70. The molecule has 0 radical (unpaired) electrons. The van der Waals surface area contributed by atoms with Crippen molar-refractivity contribution in [2.75, 3.05) is 47.5 Å². The smallest absolute Gasteiger partial charge is 0.306 e. The number of esters is 2. The minimum absolute atomic E-state index is 0.143. The average Bonchev–Trinajstić information content (AvgIpc) is 3.64. The number of allylic oxidation sites excluding steroid dienone is 14. The van der Waals surface area contributed by atoms with Crippen molar-refractivity contribution >= 4 is 17.9 Å². The lowest BCUT2D eigenvalue weighted by molar-refractivity contribution is -0.870. The molecule has 0 saturated heterocycles. The van der Waals surface area contributed by atoms with E-state index in [0.29, 0.717) is 23.9 Å². The van der Waals surface area contributed by atoms with Crippen molar-refractivity contribution in [1.82, 2.24) is 0 Å². The summed E-state index contributed by atoms with van der Waals surface area (Å²) in [4.78, 5) is 37.5. The Morgan fingerprint density at radius 1 is 0.360 bits per heavy atom. The van der Waals surface area contributed by atoms with Crippen molar-refractivity contribution in [2.45, 2.75) is 341 Å². The van der Waals surface area contributed by atoms with Gasteiger partial charge >= 0.3 is 11.9 Å². The lowest BCUT2D eigenvalue weighted by atomic mass is 10.0. The molecular weight excluding hydrogens is 1070 g/mol. The first kappa shape index (κ1) is 82.5. The molecule has 0 fully saturated rings. The molecule has 0 aliphatic carbocycles. The van der Waals surface area contributed by atoms with Gasteiger partial charge in [-0.3, -0.25) is 9.59 Å². The second kappa shape index (κ2) is 67.4. The van der Waals surface area contributed by atoms with E-state index < -0.39 is 24.3 Å². The van der Waals surface area contributed by atoms with Crippen LogP contribution in [0.4, 0.5) is 0 Å². The quantitative estimate of drug-likeness (QED) is 0.0195. The van der Waals surface area contributed by atoms with Crippen LogP contribution in [0.2, 0.25) is 0 Å². The average molecular weight is 1200 g/mol. The highest BCUT2D eigenvalue weighted by Gasteiger charge is 2.22. The third-order valence-corrected chi connectivity index (χ3v) is 15.9. The summed E-state index contributed by atoms with van der Waals surface area (Å²) in [7, 11) is 5.93. The molecule has 9 nitrogen and oxygen atoms in total. The van der Waals surface area contributed by atoms with Gasteiger partial charge in [0, 0.05) is 12.8 Å². The standard InChI is InChI=1S/C77H137NO8/c1-6-8-10-12-14-16-18-20-22-24-26-28-30-32-34-36-37-38-40-41-43-45-47-49-51-53-55-57-59-61-63-65-67-74(79)84-71-73(72-85-77(76(81)82)83-70-69-78(3,4)5)86-75(80)68-66-64-62-60-58-56-54-52-50-48-46-44-42-39-35-33-31-29-27-25-23-21-19-17-15-13-11-9-7-2/h9,11,15,17,21,23,27,29,33,35,42,44,48,50,73,77H,6-8,10,12-14,16,18-20,22,24-26,28,30-32,34,36-41,43,45-47,49,51-72H2,1-5H3/b11-9-,17-15-,23-21-,29-27-,35-33-,44-42-,50-48-. The number of carboxylic acids is 1. The van der Waals surface area contributed by atoms with Crippen LogP contribution >= 0.6 is 0 Å². The number of nitrogens with zero attached hydrogens (tertiary/aromatic N) is 1. The first-order valence-electron chi connectivity index (χ1n) is 36.2. The van der Waals surface area contributed by atoms with Crippen LogP contribution in [0.5, 0.6) is 0 Å². The van der Waals surface area contributed by atoms with E-state index in [2.05, 4.69) is 98.9 Å². The Kier molecular flexibility index (Phi) is 64.6. The number of quaternary nitrogens is 1. The third kappa shape index (κ3) is 68.0. The Labute approximate surface area is 531 Å². The van der Waals surface area contributed by atoms with Crippen LogP contribution in [-0.2, 0) is 33.3 Å². The number of hydrogen-bond acceptors (Lipinski definition) is 8. The lowest BCUT2D eigenvalue weighted by Crippen LogP contribution is -2.44. The van der Waals surface area contributed by atoms with Crippen LogP contribution in [0.1, 0.15) is 328 Å². The Bertz CT molecular complexity index is 1690. The number of aliphatic carboxylic acids is 1. The number of carbonyl (C=O) groups excluding carboxylic acids is 3. The molecule has 0 aromatic rings. The van der Waals surface area contributed by atoms with E-state index in [-0.39, 0.29) is 32.2 Å². The summed E-state index contributed by atoms with van der Waals surface area (Å²) < 4.78 is 22.8. The van der Waals surface area contributed by atoms with E-state index in [4.69, 9.17) is 18.9 Å². The van der Waals surface area contributed by atoms with Crippen molar-refractivity contribution in [2.24, 2.45) is 0 Å². The summed E-state index contributed by atoms with van der Waals surface area (Å²) in [6.07, 6.45) is 88.2. The molecule has 2 unspecified atom stereocenters. The molecule has 0 heterocycles. The number of likely N-dealkylation sites (N-methyl/N-ethyl adjacent to an activating group) is 1. The number of ether oxygens (including phenoxy) is 4. The molecule has 0 aromatic carbocycles. The largest absolute Gasteiger partial charge is 0.545 e. The summed E-state index contributed by atoms with van der Waals surface area (Å²) in [6.45, 7) is 4.66. The van der Waals surface area contributed by atoms with Gasteiger partial charge in [-0.2, -0.15) is 0 Å². The van der Waals surface area contributed by atoms with Crippen LogP contribution < -0.4 is 5.11 Å². The second-order valence-electron chi connectivity index (χ2n) is 25.5. The van der Waals surface area contributed by atoms with Crippen molar-refractivity contribution in [3.63, 3.8) is 0 Å². The molecule has 0 aliphatic heterocycles. The highest BCUT2D eigenvalue weighted by Crippen LogP contribution is 2.18. The fraction of sp³-hybridized carbons (Fsp3) is 0.779. The van der Waals surface area contributed by atoms with Crippen LogP contribution in [-0.4, -0.2) is 82.3 Å². The number of carboxylic acid groups (broad SMARTS) is 1. The molecule has 498 valence electrons. The molecule has 0 amide bonds. The van der Waals surface area contributed by atoms with Gasteiger partial charge in [-0.05, 0) is 70.6 Å². The Hall–Kier alpha value is -3.53. The Morgan fingerprint density at radius 3 is 0.988 bits per heavy atom. The van der Waals surface area contributed by atoms with Gasteiger partial charge in [0.25, 0.3) is 0 Å². The first-order chi connectivity index (χ1) is 42.1. The molecule has 0 bridgehead atoms. The molecule has 9 heteroatoms. The summed E-state index contributed by atoms with van der Waals surface area (Å²) in [5, 5.41) is 11.8. The van der Waals surface area contributed by atoms with Gasteiger partial charge < -0.3 is 33.3 Å². The van der Waals surface area contributed by atoms with Crippen molar-refractivity contribution in [3.05, 3.63) is 85.1 Å². The van der Waals surface area contributed by atoms with E-state index in [1.807, 2.05) is 21.1 Å². The summed E-state index contributed by atoms with van der Waals surface area (Å²) in [6, 6.07) is 0. The van der Waals surface area contributed by atoms with Gasteiger partial charge in [0.05, 0.1) is 40.3 Å². The number of unbranched alkanes of at least 4 members (excludes halogenated alkanes) is 38. The molecule has 0 aromatic heterocycles. The van der Waals surface area contributed by atoms with Gasteiger partial charge in [0.1, 0.15) is 13.2 Å². The molecule has 0 spiro atoms. The van der Waals surface area contributed by atoms with Gasteiger partial charge in [0.15, 0.2) is 12.4 Å². The molecule has 0 N–H and O–H groups in total. The second-order valence-corrected chi connectivity index (χ2v) is 25.5. The van der Waals surface area contributed by atoms with E-state index >= 15 is 0 Å². The number of rotatable bonds is 67. The molecule has 2 atom stereocenters. The maximum Gasteiger partial charge on any atom is 0.306 e. The fourth-order valence-corrected chi connectivity index (χ4v) is 10.4. The molecule has 0 saturated carbocycles. The molecule has 0 rings (SSSR count). The molecule has 86 heavy (non-hydrogen) atoms. The topological polar surface area (TPSA) is 111 Å². The highest BCUT2D eigenvalue weighted by atomic mass is 16.7.